The molecule has 0 aliphatic carbocycles. The molecule has 0 spiro atoms. The minimum Gasteiger partial charge on any atom is -0.387 e. The monoisotopic (exact) mass is 324 g/mol. The third-order valence-corrected chi connectivity index (χ3v) is 5.97. The van der Waals surface area contributed by atoms with Crippen LogP contribution in [-0.2, 0) is 10.8 Å². The molecular formula is C17H28O2SSi. The zero-order chi connectivity index (χ0) is 16.4. The van der Waals surface area contributed by atoms with Gasteiger partial charge in [-0.05, 0) is 24.5 Å². The second-order valence-corrected chi connectivity index (χ2v) is 14.3. The quantitative estimate of drug-likeness (QED) is 0.840. The summed E-state index contributed by atoms with van der Waals surface area (Å²) in [5.74, 6) is 0. The molecule has 0 aliphatic rings. The number of hydrogen-bond acceptors (Lipinski definition) is 2. The van der Waals surface area contributed by atoms with Gasteiger partial charge in [-0.1, -0.05) is 63.8 Å². The van der Waals surface area contributed by atoms with Crippen molar-refractivity contribution in [1.82, 2.24) is 0 Å². The van der Waals surface area contributed by atoms with Gasteiger partial charge in [0.25, 0.3) is 0 Å². The number of aryl methyl sites for hydroxylation is 1. The Balaban J connectivity index is 3.28. The van der Waals surface area contributed by atoms with Crippen LogP contribution >= 0.6 is 0 Å². The lowest BCUT2D eigenvalue weighted by molar-refractivity contribution is 0.102. The van der Waals surface area contributed by atoms with Crippen molar-refractivity contribution in [3.05, 3.63) is 40.4 Å². The van der Waals surface area contributed by atoms with Crippen LogP contribution in [0, 0.1) is 12.3 Å². The molecule has 0 unspecified atom stereocenters. The molecule has 0 aliphatic heterocycles. The SMILES string of the molecule is Cc1ccc([S@@](=O)/C(=C/[Si](C)(C)C)[C@H](O)C(C)(C)C)cc1. The summed E-state index contributed by atoms with van der Waals surface area (Å²) in [5, 5.41) is 10.7. The van der Waals surface area contributed by atoms with E-state index in [1.807, 2.05) is 52.0 Å². The number of benzene rings is 1. The van der Waals surface area contributed by atoms with E-state index in [-0.39, 0.29) is 5.41 Å². The molecule has 1 aromatic rings. The Kier molecular flexibility index (Phi) is 5.75. The fourth-order valence-electron chi connectivity index (χ4n) is 1.89. The molecule has 0 fully saturated rings. The van der Waals surface area contributed by atoms with E-state index >= 15 is 0 Å². The molecular weight excluding hydrogens is 296 g/mol. The zero-order valence-electron chi connectivity index (χ0n) is 14.2. The van der Waals surface area contributed by atoms with Gasteiger partial charge in [-0.15, -0.1) is 0 Å². The maximum absolute atomic E-state index is 12.9. The molecule has 21 heavy (non-hydrogen) atoms. The van der Waals surface area contributed by atoms with E-state index in [1.54, 1.807) is 0 Å². The fraction of sp³-hybridized carbons (Fsp3) is 0.529. The summed E-state index contributed by atoms with van der Waals surface area (Å²) >= 11 is 0. The Morgan fingerprint density at radius 3 is 2.05 bits per heavy atom. The van der Waals surface area contributed by atoms with Crippen molar-refractivity contribution in [3.8, 4) is 0 Å². The van der Waals surface area contributed by atoms with E-state index in [0.29, 0.717) is 4.91 Å². The largest absolute Gasteiger partial charge is 0.387 e. The highest BCUT2D eigenvalue weighted by molar-refractivity contribution is 7.89. The lowest BCUT2D eigenvalue weighted by Gasteiger charge is -2.29. The van der Waals surface area contributed by atoms with Crippen LogP contribution in [0.25, 0.3) is 0 Å². The van der Waals surface area contributed by atoms with Gasteiger partial charge in [0.2, 0.25) is 0 Å². The summed E-state index contributed by atoms with van der Waals surface area (Å²) in [4.78, 5) is 1.42. The molecule has 0 saturated heterocycles. The molecule has 0 heterocycles. The van der Waals surface area contributed by atoms with Gasteiger partial charge in [0.15, 0.2) is 0 Å². The van der Waals surface area contributed by atoms with Gasteiger partial charge in [0.1, 0.15) is 0 Å². The van der Waals surface area contributed by atoms with Crippen molar-refractivity contribution in [2.24, 2.45) is 5.41 Å². The molecule has 1 N–H and O–H groups in total. The van der Waals surface area contributed by atoms with E-state index < -0.39 is 25.0 Å². The number of aliphatic hydroxyl groups excluding tert-OH is 1. The van der Waals surface area contributed by atoms with Crippen molar-refractivity contribution in [3.63, 3.8) is 0 Å². The first-order valence-electron chi connectivity index (χ1n) is 7.31. The van der Waals surface area contributed by atoms with Crippen LogP contribution in [-0.4, -0.2) is 23.5 Å². The average molecular weight is 325 g/mol. The van der Waals surface area contributed by atoms with Gasteiger partial charge in [0.05, 0.1) is 25.0 Å². The van der Waals surface area contributed by atoms with Crippen LogP contribution in [0.4, 0.5) is 0 Å². The van der Waals surface area contributed by atoms with E-state index in [9.17, 15) is 9.32 Å². The van der Waals surface area contributed by atoms with Gasteiger partial charge in [-0.2, -0.15) is 0 Å². The van der Waals surface area contributed by atoms with Gasteiger partial charge in [-0.25, -0.2) is 4.21 Å². The van der Waals surface area contributed by atoms with Gasteiger partial charge < -0.3 is 5.11 Å². The Bertz CT molecular complexity index is 533. The van der Waals surface area contributed by atoms with Crippen LogP contribution in [0.2, 0.25) is 19.6 Å². The topological polar surface area (TPSA) is 37.3 Å². The zero-order valence-corrected chi connectivity index (χ0v) is 16.0. The van der Waals surface area contributed by atoms with Crippen LogP contribution in [0.15, 0.2) is 39.8 Å². The molecule has 1 aromatic carbocycles. The minimum atomic E-state index is -1.58. The molecule has 0 amide bonds. The molecule has 0 radical (unpaired) electrons. The van der Waals surface area contributed by atoms with E-state index in [4.69, 9.17) is 0 Å². The summed E-state index contributed by atoms with van der Waals surface area (Å²) in [6.45, 7) is 14.5. The third kappa shape index (κ3) is 5.53. The van der Waals surface area contributed by atoms with Crippen molar-refractivity contribution >= 4 is 18.9 Å². The van der Waals surface area contributed by atoms with E-state index in [2.05, 4.69) is 25.3 Å². The first kappa shape index (κ1) is 18.3. The molecule has 0 bridgehead atoms. The highest BCUT2D eigenvalue weighted by Gasteiger charge is 2.31. The maximum Gasteiger partial charge on any atom is 0.0918 e. The first-order valence-corrected chi connectivity index (χ1v) is 12.0. The van der Waals surface area contributed by atoms with Crippen LogP contribution in [0.5, 0.6) is 0 Å². The molecule has 0 saturated carbocycles. The standard InChI is InChI=1S/C17H28O2SSi/c1-13-8-10-14(11-9-13)20(19)15(12-21(5,6)7)16(18)17(2,3)4/h8-12,16,18H,1-7H3/b15-12+/t16-,20+/m0/s1. The second kappa shape index (κ2) is 6.59. The summed E-state index contributed by atoms with van der Waals surface area (Å²) < 4.78 is 12.9. The van der Waals surface area contributed by atoms with E-state index in [0.717, 1.165) is 10.5 Å². The smallest absolute Gasteiger partial charge is 0.0918 e. The normalized spacial score (nSPS) is 16.7. The van der Waals surface area contributed by atoms with Crippen molar-refractivity contribution in [1.29, 1.82) is 0 Å². The number of hydrogen-bond donors (Lipinski definition) is 1. The maximum atomic E-state index is 12.9. The predicted molar refractivity (Wildman–Crippen MR) is 94.5 cm³/mol. The minimum absolute atomic E-state index is 0.328. The summed E-state index contributed by atoms with van der Waals surface area (Å²) in [7, 11) is -2.89. The van der Waals surface area contributed by atoms with Crippen molar-refractivity contribution in [2.75, 3.05) is 0 Å². The Morgan fingerprint density at radius 1 is 1.19 bits per heavy atom. The lowest BCUT2D eigenvalue weighted by atomic mass is 9.89. The predicted octanol–water partition coefficient (Wildman–Crippen LogP) is 4.27. The molecule has 0 aromatic heterocycles. The van der Waals surface area contributed by atoms with Crippen LogP contribution in [0.3, 0.4) is 0 Å². The van der Waals surface area contributed by atoms with Crippen LogP contribution < -0.4 is 0 Å². The van der Waals surface area contributed by atoms with Crippen molar-refractivity contribution in [2.45, 2.75) is 58.3 Å². The second-order valence-electron chi connectivity index (χ2n) is 7.76. The highest BCUT2D eigenvalue weighted by Crippen LogP contribution is 2.30. The van der Waals surface area contributed by atoms with Gasteiger partial charge in [0, 0.05) is 9.80 Å². The highest BCUT2D eigenvalue weighted by atomic mass is 32.2. The van der Waals surface area contributed by atoms with Crippen LogP contribution in [0.1, 0.15) is 26.3 Å². The van der Waals surface area contributed by atoms with Crippen molar-refractivity contribution < 1.29 is 9.32 Å². The van der Waals surface area contributed by atoms with E-state index in [1.165, 1.54) is 0 Å². The molecule has 4 heteroatoms. The number of aliphatic hydroxyl groups is 1. The Morgan fingerprint density at radius 2 is 1.67 bits per heavy atom. The third-order valence-electron chi connectivity index (χ3n) is 3.11. The molecule has 2 atom stereocenters. The summed E-state index contributed by atoms with van der Waals surface area (Å²) in [6, 6.07) is 7.70. The first-order chi connectivity index (χ1) is 9.42. The Labute approximate surface area is 132 Å². The molecule has 1 rings (SSSR count). The Hall–Kier alpha value is -0.713. The van der Waals surface area contributed by atoms with Gasteiger partial charge in [-0.3, -0.25) is 0 Å². The fourth-order valence-corrected chi connectivity index (χ4v) is 5.60. The molecule has 118 valence electrons. The lowest BCUT2D eigenvalue weighted by Crippen LogP contribution is -2.32. The summed E-state index contributed by atoms with van der Waals surface area (Å²) in [6.07, 6.45) is -0.702. The average Bonchev–Trinajstić information content (AvgIpc) is 2.33. The summed E-state index contributed by atoms with van der Waals surface area (Å²) in [5.41, 5.74) is 2.90. The van der Waals surface area contributed by atoms with Gasteiger partial charge >= 0.3 is 0 Å². The number of rotatable bonds is 4. The molecule has 2 nitrogen and oxygen atoms in total.